The maximum Gasteiger partial charge on any atom is 0.227 e. The minimum Gasteiger partial charge on any atom is -0.467 e. The summed E-state index contributed by atoms with van der Waals surface area (Å²) in [7, 11) is 1.78. The van der Waals surface area contributed by atoms with Crippen LogP contribution in [0.4, 0.5) is 0 Å². The van der Waals surface area contributed by atoms with E-state index in [2.05, 4.69) is 4.98 Å². The van der Waals surface area contributed by atoms with Crippen molar-refractivity contribution in [2.45, 2.75) is 19.4 Å². The smallest absolute Gasteiger partial charge is 0.227 e. The standard InChI is InChI=1S/C18H21N3O3/c1-20(9-7-15-5-2-3-8-19-15)18(23)14-11-17(22)21(12-14)13-16-6-4-10-24-16/h2-6,8,10,14H,7,9,11-13H2,1H3. The maximum absolute atomic E-state index is 12.6. The van der Waals surface area contributed by atoms with Gasteiger partial charge in [0.15, 0.2) is 0 Å². The van der Waals surface area contributed by atoms with Crippen molar-refractivity contribution in [2.24, 2.45) is 5.92 Å². The first-order valence-electron chi connectivity index (χ1n) is 8.08. The Morgan fingerprint density at radius 2 is 2.25 bits per heavy atom. The minimum atomic E-state index is -0.277. The molecule has 1 saturated heterocycles. The molecule has 0 aliphatic carbocycles. The Balaban J connectivity index is 1.52. The highest BCUT2D eigenvalue weighted by Crippen LogP contribution is 2.22. The van der Waals surface area contributed by atoms with Crippen molar-refractivity contribution >= 4 is 11.8 Å². The summed E-state index contributed by atoms with van der Waals surface area (Å²) in [6.07, 6.45) is 4.32. The van der Waals surface area contributed by atoms with Crippen LogP contribution in [0.25, 0.3) is 0 Å². The number of likely N-dealkylation sites (tertiary alicyclic amines) is 1. The maximum atomic E-state index is 12.6. The Kier molecular flexibility index (Phi) is 4.93. The van der Waals surface area contributed by atoms with Crippen LogP contribution in [0.15, 0.2) is 47.2 Å². The van der Waals surface area contributed by atoms with Gasteiger partial charge in [-0.25, -0.2) is 0 Å². The van der Waals surface area contributed by atoms with Crippen molar-refractivity contribution in [2.75, 3.05) is 20.1 Å². The molecule has 3 rings (SSSR count). The zero-order valence-corrected chi connectivity index (χ0v) is 13.7. The van der Waals surface area contributed by atoms with Crippen LogP contribution in [-0.2, 0) is 22.6 Å². The van der Waals surface area contributed by atoms with Gasteiger partial charge in [-0.05, 0) is 24.3 Å². The van der Waals surface area contributed by atoms with E-state index in [1.54, 1.807) is 35.4 Å². The molecule has 0 saturated carbocycles. The van der Waals surface area contributed by atoms with E-state index >= 15 is 0 Å². The summed E-state index contributed by atoms with van der Waals surface area (Å²) in [5.74, 6) is 0.477. The summed E-state index contributed by atoms with van der Waals surface area (Å²) in [4.78, 5) is 32.3. The van der Waals surface area contributed by atoms with Gasteiger partial charge < -0.3 is 14.2 Å². The predicted octanol–water partition coefficient (Wildman–Crippen LogP) is 1.72. The Hall–Kier alpha value is -2.63. The molecule has 126 valence electrons. The number of furan rings is 1. The number of hydrogen-bond acceptors (Lipinski definition) is 4. The molecule has 2 aromatic rings. The average molecular weight is 327 g/mol. The van der Waals surface area contributed by atoms with Crippen molar-refractivity contribution in [1.29, 1.82) is 0 Å². The average Bonchev–Trinajstić information content (AvgIpc) is 3.23. The summed E-state index contributed by atoms with van der Waals surface area (Å²) < 4.78 is 5.28. The molecule has 2 aromatic heterocycles. The van der Waals surface area contributed by atoms with Crippen molar-refractivity contribution in [1.82, 2.24) is 14.8 Å². The topological polar surface area (TPSA) is 66.7 Å². The number of amides is 2. The van der Waals surface area contributed by atoms with Gasteiger partial charge in [-0.15, -0.1) is 0 Å². The van der Waals surface area contributed by atoms with Gasteiger partial charge >= 0.3 is 0 Å². The van der Waals surface area contributed by atoms with Crippen molar-refractivity contribution in [3.8, 4) is 0 Å². The van der Waals surface area contributed by atoms with Gasteiger partial charge in [0.05, 0.1) is 18.7 Å². The molecule has 6 heteroatoms. The highest BCUT2D eigenvalue weighted by atomic mass is 16.3. The SMILES string of the molecule is CN(CCc1ccccn1)C(=O)C1CC(=O)N(Cc2ccco2)C1. The highest BCUT2D eigenvalue weighted by molar-refractivity contribution is 5.89. The number of likely N-dealkylation sites (N-methyl/N-ethyl adjacent to an activating group) is 1. The van der Waals surface area contributed by atoms with Crippen LogP contribution in [-0.4, -0.2) is 46.7 Å². The summed E-state index contributed by atoms with van der Waals surface area (Å²) in [5.41, 5.74) is 0.957. The van der Waals surface area contributed by atoms with Crippen LogP contribution >= 0.6 is 0 Å². The molecule has 1 aliphatic heterocycles. The van der Waals surface area contributed by atoms with Gasteiger partial charge in [0.2, 0.25) is 11.8 Å². The molecule has 0 radical (unpaired) electrons. The van der Waals surface area contributed by atoms with Crippen LogP contribution in [0.2, 0.25) is 0 Å². The normalized spacial score (nSPS) is 17.3. The molecule has 0 spiro atoms. The Morgan fingerprint density at radius 1 is 1.38 bits per heavy atom. The van der Waals surface area contributed by atoms with Gasteiger partial charge in [-0.3, -0.25) is 14.6 Å². The van der Waals surface area contributed by atoms with Crippen LogP contribution < -0.4 is 0 Å². The fourth-order valence-corrected chi connectivity index (χ4v) is 2.93. The minimum absolute atomic E-state index is 0.00266. The Bertz CT molecular complexity index is 685. The van der Waals surface area contributed by atoms with E-state index in [1.807, 2.05) is 24.3 Å². The second-order valence-electron chi connectivity index (χ2n) is 6.09. The number of pyridine rings is 1. The van der Waals surface area contributed by atoms with Crippen LogP contribution in [0.3, 0.4) is 0 Å². The second-order valence-corrected chi connectivity index (χ2v) is 6.09. The molecule has 0 N–H and O–H groups in total. The first-order chi connectivity index (χ1) is 11.6. The van der Waals surface area contributed by atoms with E-state index in [9.17, 15) is 9.59 Å². The molecule has 0 bridgehead atoms. The first-order valence-corrected chi connectivity index (χ1v) is 8.08. The van der Waals surface area contributed by atoms with Crippen LogP contribution in [0, 0.1) is 5.92 Å². The summed E-state index contributed by atoms with van der Waals surface area (Å²) >= 11 is 0. The Labute approximate surface area is 141 Å². The molecule has 0 aromatic carbocycles. The number of rotatable bonds is 6. The number of carbonyl (C=O) groups is 2. The van der Waals surface area contributed by atoms with Crippen molar-refractivity contribution < 1.29 is 14.0 Å². The highest BCUT2D eigenvalue weighted by Gasteiger charge is 2.35. The summed E-state index contributed by atoms with van der Waals surface area (Å²) in [6, 6.07) is 9.39. The lowest BCUT2D eigenvalue weighted by molar-refractivity contribution is -0.134. The largest absolute Gasteiger partial charge is 0.467 e. The van der Waals surface area contributed by atoms with Crippen LogP contribution in [0.1, 0.15) is 17.9 Å². The lowest BCUT2D eigenvalue weighted by atomic mass is 10.1. The van der Waals surface area contributed by atoms with E-state index in [1.165, 1.54) is 0 Å². The third-order valence-electron chi connectivity index (χ3n) is 4.30. The molecule has 6 nitrogen and oxygen atoms in total. The fraction of sp³-hybridized carbons (Fsp3) is 0.389. The Morgan fingerprint density at radius 3 is 2.96 bits per heavy atom. The summed E-state index contributed by atoms with van der Waals surface area (Å²) in [6.45, 7) is 1.47. The molecule has 1 aliphatic rings. The molecule has 1 unspecified atom stereocenters. The predicted molar refractivity (Wildman–Crippen MR) is 87.8 cm³/mol. The van der Waals surface area contributed by atoms with E-state index < -0.39 is 0 Å². The molecule has 1 atom stereocenters. The van der Waals surface area contributed by atoms with Crippen molar-refractivity contribution in [3.63, 3.8) is 0 Å². The molecule has 3 heterocycles. The molecule has 1 fully saturated rings. The zero-order chi connectivity index (χ0) is 16.9. The van der Waals surface area contributed by atoms with E-state index in [0.29, 0.717) is 26.1 Å². The van der Waals surface area contributed by atoms with E-state index in [4.69, 9.17) is 4.42 Å². The molecular weight excluding hydrogens is 306 g/mol. The monoisotopic (exact) mass is 327 g/mol. The second kappa shape index (κ2) is 7.29. The van der Waals surface area contributed by atoms with Gasteiger partial charge in [-0.1, -0.05) is 6.07 Å². The van der Waals surface area contributed by atoms with Gasteiger partial charge in [0.25, 0.3) is 0 Å². The van der Waals surface area contributed by atoms with E-state index in [0.717, 1.165) is 11.5 Å². The summed E-state index contributed by atoms with van der Waals surface area (Å²) in [5, 5.41) is 0. The number of aromatic nitrogens is 1. The zero-order valence-electron chi connectivity index (χ0n) is 13.7. The number of nitrogens with zero attached hydrogens (tertiary/aromatic N) is 3. The molecule has 2 amide bonds. The van der Waals surface area contributed by atoms with Gasteiger partial charge in [-0.2, -0.15) is 0 Å². The fourth-order valence-electron chi connectivity index (χ4n) is 2.93. The van der Waals surface area contributed by atoms with Crippen LogP contribution in [0.5, 0.6) is 0 Å². The molecule has 24 heavy (non-hydrogen) atoms. The lowest BCUT2D eigenvalue weighted by Crippen LogP contribution is -2.35. The van der Waals surface area contributed by atoms with Gasteiger partial charge in [0.1, 0.15) is 5.76 Å². The molecular formula is C18H21N3O3. The van der Waals surface area contributed by atoms with Crippen molar-refractivity contribution in [3.05, 3.63) is 54.2 Å². The number of hydrogen-bond donors (Lipinski definition) is 0. The quantitative estimate of drug-likeness (QED) is 0.810. The third-order valence-corrected chi connectivity index (χ3v) is 4.30. The lowest BCUT2D eigenvalue weighted by Gasteiger charge is -2.21. The van der Waals surface area contributed by atoms with Gasteiger partial charge in [0, 0.05) is 44.9 Å². The first kappa shape index (κ1) is 16.2. The number of carbonyl (C=O) groups excluding carboxylic acids is 2. The van der Waals surface area contributed by atoms with E-state index in [-0.39, 0.29) is 24.2 Å². The third kappa shape index (κ3) is 3.82.